The molecule has 1 N–H and O–H groups in total. The van der Waals surface area contributed by atoms with Gasteiger partial charge in [0.25, 0.3) is 17.7 Å². The third kappa shape index (κ3) is 5.27. The van der Waals surface area contributed by atoms with Crippen molar-refractivity contribution in [3.05, 3.63) is 87.3 Å². The van der Waals surface area contributed by atoms with Crippen molar-refractivity contribution in [1.82, 2.24) is 4.90 Å². The zero-order valence-electron chi connectivity index (χ0n) is 22.1. The summed E-state index contributed by atoms with van der Waals surface area (Å²) >= 11 is 1.32. The van der Waals surface area contributed by atoms with Gasteiger partial charge in [-0.2, -0.15) is 0 Å². The van der Waals surface area contributed by atoms with Crippen molar-refractivity contribution in [2.75, 3.05) is 19.0 Å². The summed E-state index contributed by atoms with van der Waals surface area (Å²) in [5, 5.41) is 3.05. The number of hydrogen-bond donors (Lipinski definition) is 1. The first-order chi connectivity index (χ1) is 19.3. The van der Waals surface area contributed by atoms with Crippen LogP contribution in [0.1, 0.15) is 60.4 Å². The first kappa shape index (κ1) is 27.3. The summed E-state index contributed by atoms with van der Waals surface area (Å²) in [7, 11) is 1.29. The van der Waals surface area contributed by atoms with Crippen LogP contribution in [0.15, 0.2) is 54.6 Å². The van der Waals surface area contributed by atoms with Crippen LogP contribution in [-0.4, -0.2) is 54.3 Å². The van der Waals surface area contributed by atoms with Gasteiger partial charge in [0, 0.05) is 11.3 Å². The SMILES string of the molecule is COC(=O)c1c(NC(=O)COC(=O)[C@H](Cc2ccccc2)N2C(=O)c3ccccc3C2=O)sc2c1CC[C@@H](C)C2. The number of imide groups is 1. The Labute approximate surface area is 235 Å². The molecule has 0 spiro atoms. The average Bonchev–Trinajstić information content (AvgIpc) is 3.43. The fourth-order valence-electron chi connectivity index (χ4n) is 5.16. The van der Waals surface area contributed by atoms with E-state index in [0.717, 1.165) is 28.2 Å². The van der Waals surface area contributed by atoms with Crippen molar-refractivity contribution in [3.8, 4) is 0 Å². The van der Waals surface area contributed by atoms with Crippen LogP contribution >= 0.6 is 11.3 Å². The van der Waals surface area contributed by atoms with E-state index < -0.39 is 42.3 Å². The molecule has 2 aromatic carbocycles. The molecule has 0 saturated carbocycles. The van der Waals surface area contributed by atoms with Crippen molar-refractivity contribution < 1.29 is 33.4 Å². The van der Waals surface area contributed by atoms with Gasteiger partial charge in [-0.25, -0.2) is 9.59 Å². The number of benzene rings is 2. The number of nitrogens with zero attached hydrogens (tertiary/aromatic N) is 1. The predicted octanol–water partition coefficient (Wildman–Crippen LogP) is 4.05. The van der Waals surface area contributed by atoms with Crippen LogP contribution in [0.2, 0.25) is 0 Å². The van der Waals surface area contributed by atoms with E-state index in [1.165, 1.54) is 30.6 Å². The van der Waals surface area contributed by atoms with Gasteiger partial charge in [0.1, 0.15) is 11.0 Å². The van der Waals surface area contributed by atoms with Crippen LogP contribution in [-0.2, 0) is 38.3 Å². The molecule has 0 bridgehead atoms. The highest BCUT2D eigenvalue weighted by Crippen LogP contribution is 2.40. The van der Waals surface area contributed by atoms with Crippen LogP contribution in [0, 0.1) is 5.92 Å². The standard InChI is InChI=1S/C30H28N2O7S/c1-17-12-13-21-23(14-17)40-26(25(21)30(37)38-2)31-24(33)16-39-29(36)22(15-18-8-4-3-5-9-18)32-27(34)19-10-6-7-11-20(19)28(32)35/h3-11,17,22H,12-16H2,1-2H3,(H,31,33)/t17-,22+/m1/s1. The first-order valence-electron chi connectivity index (χ1n) is 13.0. The number of esters is 2. The van der Waals surface area contributed by atoms with Gasteiger partial charge in [-0.1, -0.05) is 49.4 Å². The minimum Gasteiger partial charge on any atom is -0.465 e. The van der Waals surface area contributed by atoms with Gasteiger partial charge in [-0.05, 0) is 48.4 Å². The summed E-state index contributed by atoms with van der Waals surface area (Å²) in [6.07, 6.45) is 2.47. The highest BCUT2D eigenvalue weighted by atomic mass is 32.1. The molecule has 2 heterocycles. The van der Waals surface area contributed by atoms with Gasteiger partial charge >= 0.3 is 11.9 Å². The van der Waals surface area contributed by atoms with Crippen molar-refractivity contribution in [3.63, 3.8) is 0 Å². The number of hydrogen-bond acceptors (Lipinski definition) is 8. The molecule has 9 nitrogen and oxygen atoms in total. The van der Waals surface area contributed by atoms with Crippen LogP contribution < -0.4 is 5.32 Å². The van der Waals surface area contributed by atoms with E-state index in [1.54, 1.807) is 36.4 Å². The van der Waals surface area contributed by atoms with E-state index in [4.69, 9.17) is 9.47 Å². The number of rotatable bonds is 8. The molecule has 1 aliphatic carbocycles. The lowest BCUT2D eigenvalue weighted by atomic mass is 9.88. The molecule has 1 aliphatic heterocycles. The normalized spacial score (nSPS) is 16.6. The van der Waals surface area contributed by atoms with Gasteiger partial charge in [-0.3, -0.25) is 19.3 Å². The lowest BCUT2D eigenvalue weighted by Crippen LogP contribution is -2.47. The summed E-state index contributed by atoms with van der Waals surface area (Å²) < 4.78 is 10.3. The molecular weight excluding hydrogens is 532 g/mol. The van der Waals surface area contributed by atoms with Gasteiger partial charge in [0.05, 0.1) is 23.8 Å². The largest absolute Gasteiger partial charge is 0.465 e. The summed E-state index contributed by atoms with van der Waals surface area (Å²) in [6.45, 7) is 1.48. The maximum atomic E-state index is 13.3. The lowest BCUT2D eigenvalue weighted by molar-refractivity contribution is -0.151. The minimum absolute atomic E-state index is 0.0229. The first-order valence-corrected chi connectivity index (χ1v) is 13.8. The molecule has 40 heavy (non-hydrogen) atoms. The Kier molecular flexibility index (Phi) is 7.79. The summed E-state index contributed by atoms with van der Waals surface area (Å²) in [4.78, 5) is 67.0. The number of thiophene rings is 1. The van der Waals surface area contributed by atoms with Gasteiger partial charge in [-0.15, -0.1) is 11.3 Å². The number of carbonyl (C=O) groups excluding carboxylic acids is 5. The number of nitrogens with one attached hydrogen (secondary N) is 1. The second kappa shape index (κ2) is 11.4. The fourth-order valence-corrected chi connectivity index (χ4v) is 6.58. The molecule has 1 aromatic heterocycles. The zero-order chi connectivity index (χ0) is 28.4. The molecule has 0 radical (unpaired) electrons. The van der Waals surface area contributed by atoms with Gasteiger partial charge < -0.3 is 14.8 Å². The molecule has 2 atom stereocenters. The second-order valence-electron chi connectivity index (χ2n) is 9.93. The summed E-state index contributed by atoms with van der Waals surface area (Å²) in [5.74, 6) is -2.79. The fraction of sp³-hybridized carbons (Fsp3) is 0.300. The summed E-state index contributed by atoms with van der Waals surface area (Å²) in [5.41, 5.74) is 2.36. The molecule has 0 unspecified atom stereocenters. The molecule has 206 valence electrons. The molecule has 3 amide bonds. The Morgan fingerprint density at radius 1 is 1.02 bits per heavy atom. The maximum absolute atomic E-state index is 13.3. The number of methoxy groups -OCH3 is 1. The van der Waals surface area contributed by atoms with Crippen LogP contribution in [0.4, 0.5) is 5.00 Å². The lowest BCUT2D eigenvalue weighted by Gasteiger charge is -2.24. The molecule has 0 fully saturated rings. The molecular formula is C30H28N2O7S. The van der Waals surface area contributed by atoms with E-state index in [-0.39, 0.29) is 17.5 Å². The Morgan fingerprint density at radius 2 is 1.68 bits per heavy atom. The van der Waals surface area contributed by atoms with E-state index >= 15 is 0 Å². The summed E-state index contributed by atoms with van der Waals surface area (Å²) in [6, 6.07) is 14.0. The van der Waals surface area contributed by atoms with Gasteiger partial charge in [0.2, 0.25) is 0 Å². The number of carbonyl (C=O) groups is 5. The Morgan fingerprint density at radius 3 is 2.33 bits per heavy atom. The highest BCUT2D eigenvalue weighted by Gasteiger charge is 2.43. The van der Waals surface area contributed by atoms with Crippen LogP contribution in [0.25, 0.3) is 0 Å². The van der Waals surface area contributed by atoms with E-state index in [9.17, 15) is 24.0 Å². The average molecular weight is 561 g/mol. The van der Waals surface area contributed by atoms with Crippen molar-refractivity contribution in [1.29, 1.82) is 0 Å². The molecule has 2 aliphatic rings. The number of ether oxygens (including phenoxy) is 2. The smallest absolute Gasteiger partial charge is 0.341 e. The monoisotopic (exact) mass is 560 g/mol. The van der Waals surface area contributed by atoms with E-state index in [2.05, 4.69) is 12.2 Å². The number of amides is 3. The molecule has 0 saturated heterocycles. The molecule has 5 rings (SSSR count). The quantitative estimate of drug-likeness (QED) is 0.326. The third-order valence-corrected chi connectivity index (χ3v) is 8.35. The minimum atomic E-state index is -1.27. The zero-order valence-corrected chi connectivity index (χ0v) is 22.9. The molecule has 10 heteroatoms. The second-order valence-corrected chi connectivity index (χ2v) is 11.0. The Hall–Kier alpha value is -4.31. The van der Waals surface area contributed by atoms with E-state index in [1.807, 2.05) is 6.07 Å². The number of anilines is 1. The van der Waals surface area contributed by atoms with Crippen LogP contribution in [0.5, 0.6) is 0 Å². The topological polar surface area (TPSA) is 119 Å². The van der Waals surface area contributed by atoms with Crippen molar-refractivity contribution >= 4 is 46.0 Å². The Balaban J connectivity index is 1.33. The maximum Gasteiger partial charge on any atom is 0.341 e. The van der Waals surface area contributed by atoms with E-state index in [0.29, 0.717) is 28.5 Å². The Bertz CT molecular complexity index is 1460. The van der Waals surface area contributed by atoms with Crippen molar-refractivity contribution in [2.24, 2.45) is 5.92 Å². The van der Waals surface area contributed by atoms with Crippen LogP contribution in [0.3, 0.4) is 0 Å². The predicted molar refractivity (Wildman–Crippen MR) is 147 cm³/mol. The highest BCUT2D eigenvalue weighted by molar-refractivity contribution is 7.17. The number of fused-ring (bicyclic) bond motifs is 2. The molecule has 3 aromatic rings. The van der Waals surface area contributed by atoms with Crippen molar-refractivity contribution in [2.45, 2.75) is 38.6 Å². The third-order valence-electron chi connectivity index (χ3n) is 7.18. The van der Waals surface area contributed by atoms with Gasteiger partial charge in [0.15, 0.2) is 6.61 Å².